The van der Waals surface area contributed by atoms with E-state index in [1.54, 1.807) is 41.8 Å². The number of halogens is 2. The summed E-state index contributed by atoms with van der Waals surface area (Å²) in [5.41, 5.74) is 1.69. The summed E-state index contributed by atoms with van der Waals surface area (Å²) in [7, 11) is 0. The van der Waals surface area contributed by atoms with Crippen molar-refractivity contribution in [3.63, 3.8) is 0 Å². The highest BCUT2D eigenvalue weighted by atomic mass is 35.5. The molecule has 0 bridgehead atoms. The van der Waals surface area contributed by atoms with E-state index >= 15 is 0 Å². The number of anilines is 1. The second kappa shape index (κ2) is 8.10. The van der Waals surface area contributed by atoms with Gasteiger partial charge in [-0.1, -0.05) is 41.4 Å². The molecule has 0 atom stereocenters. The van der Waals surface area contributed by atoms with Gasteiger partial charge in [-0.2, -0.15) is 5.26 Å². The van der Waals surface area contributed by atoms with E-state index in [0.29, 0.717) is 43.2 Å². The third kappa shape index (κ3) is 4.03. The zero-order chi connectivity index (χ0) is 20.4. The van der Waals surface area contributed by atoms with E-state index in [4.69, 9.17) is 27.6 Å². The third-order valence-electron chi connectivity index (χ3n) is 4.07. The topological polar surface area (TPSA) is 78.9 Å². The summed E-state index contributed by atoms with van der Waals surface area (Å²) in [5, 5.41) is 16.5. The summed E-state index contributed by atoms with van der Waals surface area (Å²) in [4.78, 5) is 16.8. The van der Waals surface area contributed by atoms with Crippen molar-refractivity contribution in [3.05, 3.63) is 85.6 Å². The van der Waals surface area contributed by atoms with Gasteiger partial charge in [-0.15, -0.1) is 11.3 Å². The predicted octanol–water partition coefficient (Wildman–Crippen LogP) is 6.20. The van der Waals surface area contributed by atoms with Crippen LogP contribution in [0.15, 0.2) is 69.3 Å². The maximum atomic E-state index is 12.3. The number of nitrogens with one attached hydrogen (secondary N) is 1. The van der Waals surface area contributed by atoms with Crippen molar-refractivity contribution < 1.29 is 4.42 Å². The van der Waals surface area contributed by atoms with E-state index in [2.05, 4.69) is 16.4 Å². The van der Waals surface area contributed by atoms with E-state index in [-0.39, 0.29) is 0 Å². The minimum absolute atomic E-state index is 0.294. The number of aromatic nitrogens is 1. The van der Waals surface area contributed by atoms with Gasteiger partial charge in [0, 0.05) is 22.0 Å². The Balaban J connectivity index is 1.67. The number of allylic oxidation sites excluding steroid dienone is 1. The molecule has 4 rings (SSSR count). The molecular formula is C21H11Cl2N3O2S. The average molecular weight is 440 g/mol. The average Bonchev–Trinajstić information content (AvgIpc) is 3.20. The lowest BCUT2D eigenvalue weighted by Gasteiger charge is -2.04. The number of hydrogen-bond donors (Lipinski definition) is 1. The van der Waals surface area contributed by atoms with Crippen molar-refractivity contribution in [2.24, 2.45) is 0 Å². The summed E-state index contributed by atoms with van der Waals surface area (Å²) in [5.74, 6) is 0. The Bertz CT molecular complexity index is 1350. The van der Waals surface area contributed by atoms with Crippen LogP contribution in [-0.2, 0) is 0 Å². The molecule has 0 saturated carbocycles. The summed E-state index contributed by atoms with van der Waals surface area (Å²) in [6, 6.07) is 16.1. The number of para-hydroxylation sites is 1. The molecule has 0 aliphatic heterocycles. The lowest BCUT2D eigenvalue weighted by molar-refractivity contribution is 0.563. The first-order valence-corrected chi connectivity index (χ1v) is 10.00. The standard InChI is InChI=1S/C21H11Cl2N3O2S/c22-14-5-6-16(23)17(8-14)25-10-13(9-24)20-26-18(11-29-20)15-7-12-3-1-2-4-19(12)28-21(15)27/h1-8,10-11,25H/b13-10-. The molecule has 2 aromatic heterocycles. The number of nitrogens with zero attached hydrogens (tertiary/aromatic N) is 2. The highest BCUT2D eigenvalue weighted by Gasteiger charge is 2.14. The van der Waals surface area contributed by atoms with Crippen molar-refractivity contribution >= 4 is 56.8 Å². The Morgan fingerprint density at radius 1 is 1.21 bits per heavy atom. The zero-order valence-corrected chi connectivity index (χ0v) is 17.0. The van der Waals surface area contributed by atoms with Crippen molar-refractivity contribution in [1.29, 1.82) is 5.26 Å². The number of rotatable bonds is 4. The number of hydrogen-bond acceptors (Lipinski definition) is 6. The van der Waals surface area contributed by atoms with Crippen molar-refractivity contribution in [2.45, 2.75) is 0 Å². The van der Waals surface area contributed by atoms with Crippen LogP contribution in [0.5, 0.6) is 0 Å². The lowest BCUT2D eigenvalue weighted by Crippen LogP contribution is -2.02. The van der Waals surface area contributed by atoms with Gasteiger partial charge in [-0.3, -0.25) is 0 Å². The molecule has 29 heavy (non-hydrogen) atoms. The smallest absolute Gasteiger partial charge is 0.345 e. The normalized spacial score (nSPS) is 11.4. The fraction of sp³-hybridized carbons (Fsp3) is 0. The Morgan fingerprint density at radius 2 is 2.03 bits per heavy atom. The molecule has 8 heteroatoms. The molecule has 0 spiro atoms. The third-order valence-corrected chi connectivity index (χ3v) is 5.51. The Hall–Kier alpha value is -3.11. The van der Waals surface area contributed by atoms with Crippen LogP contribution >= 0.6 is 34.5 Å². The van der Waals surface area contributed by atoms with E-state index in [0.717, 1.165) is 5.39 Å². The molecule has 142 valence electrons. The first-order chi connectivity index (χ1) is 14.0. The van der Waals surface area contributed by atoms with Crippen LogP contribution in [0.2, 0.25) is 10.0 Å². The van der Waals surface area contributed by atoms with E-state index < -0.39 is 5.63 Å². The first kappa shape index (κ1) is 19.2. The fourth-order valence-corrected chi connectivity index (χ4v) is 3.79. The molecule has 0 radical (unpaired) electrons. The molecule has 0 aliphatic carbocycles. The molecule has 0 fully saturated rings. The predicted molar refractivity (Wildman–Crippen MR) is 117 cm³/mol. The molecular weight excluding hydrogens is 429 g/mol. The van der Waals surface area contributed by atoms with Crippen molar-refractivity contribution in [3.8, 4) is 17.3 Å². The minimum atomic E-state index is -0.480. The lowest BCUT2D eigenvalue weighted by atomic mass is 10.1. The molecule has 0 unspecified atom stereocenters. The summed E-state index contributed by atoms with van der Waals surface area (Å²) in [6.07, 6.45) is 1.50. The Kier molecular flexibility index (Phi) is 5.36. The van der Waals surface area contributed by atoms with E-state index in [1.807, 2.05) is 12.1 Å². The number of thiazole rings is 1. The van der Waals surface area contributed by atoms with Crippen LogP contribution in [-0.4, -0.2) is 4.98 Å². The van der Waals surface area contributed by atoms with Gasteiger partial charge >= 0.3 is 5.63 Å². The van der Waals surface area contributed by atoms with Gasteiger partial charge in [0.1, 0.15) is 22.2 Å². The van der Waals surface area contributed by atoms with Crippen LogP contribution in [0.25, 0.3) is 27.8 Å². The SMILES string of the molecule is N#C/C(=C/Nc1cc(Cl)ccc1Cl)c1nc(-c2cc3ccccc3oc2=O)cs1. The van der Waals surface area contributed by atoms with Gasteiger partial charge in [-0.25, -0.2) is 9.78 Å². The van der Waals surface area contributed by atoms with Crippen LogP contribution < -0.4 is 10.9 Å². The van der Waals surface area contributed by atoms with Crippen LogP contribution in [0.4, 0.5) is 5.69 Å². The largest absolute Gasteiger partial charge is 0.422 e. The summed E-state index contributed by atoms with van der Waals surface area (Å²) in [6.45, 7) is 0. The first-order valence-electron chi connectivity index (χ1n) is 8.36. The van der Waals surface area contributed by atoms with Gasteiger partial charge in [0.15, 0.2) is 0 Å². The van der Waals surface area contributed by atoms with E-state index in [1.165, 1.54) is 17.5 Å². The maximum Gasteiger partial charge on any atom is 0.345 e. The number of nitriles is 1. The molecule has 1 N–H and O–H groups in total. The number of fused-ring (bicyclic) bond motifs is 1. The molecule has 4 aromatic rings. The molecule has 5 nitrogen and oxygen atoms in total. The minimum Gasteiger partial charge on any atom is -0.422 e. The van der Waals surface area contributed by atoms with Gasteiger partial charge < -0.3 is 9.73 Å². The summed E-state index contributed by atoms with van der Waals surface area (Å²) < 4.78 is 5.36. The van der Waals surface area contributed by atoms with Gasteiger partial charge in [0.2, 0.25) is 0 Å². The molecule has 0 amide bonds. The van der Waals surface area contributed by atoms with Crippen molar-refractivity contribution in [2.75, 3.05) is 5.32 Å². The van der Waals surface area contributed by atoms with Gasteiger partial charge in [0.05, 0.1) is 22.0 Å². The van der Waals surface area contributed by atoms with Crippen LogP contribution in [0.3, 0.4) is 0 Å². The molecule has 2 heterocycles. The molecule has 0 saturated heterocycles. The quantitative estimate of drug-likeness (QED) is 0.302. The Labute approximate surface area is 179 Å². The molecule has 0 aliphatic rings. The zero-order valence-electron chi connectivity index (χ0n) is 14.6. The summed E-state index contributed by atoms with van der Waals surface area (Å²) >= 11 is 13.4. The van der Waals surface area contributed by atoms with Gasteiger partial charge in [0.25, 0.3) is 0 Å². The number of benzene rings is 2. The second-order valence-corrected chi connectivity index (χ2v) is 7.66. The van der Waals surface area contributed by atoms with E-state index in [9.17, 15) is 10.1 Å². The molecule has 2 aromatic carbocycles. The van der Waals surface area contributed by atoms with Crippen LogP contribution in [0, 0.1) is 11.3 Å². The Morgan fingerprint density at radius 3 is 2.86 bits per heavy atom. The highest BCUT2D eigenvalue weighted by Crippen LogP contribution is 2.28. The van der Waals surface area contributed by atoms with Gasteiger partial charge in [-0.05, 0) is 30.3 Å². The highest BCUT2D eigenvalue weighted by molar-refractivity contribution is 7.11. The maximum absolute atomic E-state index is 12.3. The van der Waals surface area contributed by atoms with Crippen molar-refractivity contribution in [1.82, 2.24) is 4.98 Å². The fourth-order valence-electron chi connectivity index (χ4n) is 2.66. The van der Waals surface area contributed by atoms with Crippen LogP contribution in [0.1, 0.15) is 5.01 Å². The monoisotopic (exact) mass is 439 g/mol. The second-order valence-electron chi connectivity index (χ2n) is 5.96.